The predicted octanol–water partition coefficient (Wildman–Crippen LogP) is 2.23. The summed E-state index contributed by atoms with van der Waals surface area (Å²) in [7, 11) is 0. The van der Waals surface area contributed by atoms with E-state index in [0.29, 0.717) is 11.5 Å². The van der Waals surface area contributed by atoms with Crippen LogP contribution in [0.15, 0.2) is 18.2 Å². The molecule has 0 aromatic heterocycles. The van der Waals surface area contributed by atoms with Crippen molar-refractivity contribution in [3.8, 4) is 17.6 Å². The van der Waals surface area contributed by atoms with Crippen LogP contribution in [0.25, 0.3) is 0 Å². The van der Waals surface area contributed by atoms with E-state index in [-0.39, 0.29) is 12.2 Å². The first-order valence-corrected chi connectivity index (χ1v) is 6.44. The highest BCUT2D eigenvalue weighted by molar-refractivity contribution is 5.71. The second-order valence-electron chi connectivity index (χ2n) is 5.33. The van der Waals surface area contributed by atoms with Crippen LogP contribution in [-0.4, -0.2) is 24.3 Å². The first-order chi connectivity index (χ1) is 9.41. The summed E-state index contributed by atoms with van der Waals surface area (Å²) in [6.45, 7) is 5.26. The molecule has 1 heterocycles. The number of carbonyl (C=O) groups is 1. The van der Waals surface area contributed by atoms with Crippen LogP contribution in [-0.2, 0) is 16.0 Å². The fraction of sp³-hybridized carbons (Fsp3) is 0.467. The van der Waals surface area contributed by atoms with Gasteiger partial charge in [0.25, 0.3) is 0 Å². The Bertz CT molecular complexity index is 559. The van der Waals surface area contributed by atoms with Gasteiger partial charge in [0, 0.05) is 12.0 Å². The van der Waals surface area contributed by atoms with Gasteiger partial charge in [0.15, 0.2) is 24.2 Å². The number of esters is 1. The van der Waals surface area contributed by atoms with Crippen molar-refractivity contribution < 1.29 is 19.0 Å². The second-order valence-corrected chi connectivity index (χ2v) is 5.33. The molecule has 1 aliphatic heterocycles. The molecule has 0 fully saturated rings. The summed E-state index contributed by atoms with van der Waals surface area (Å²) in [5.74, 6) is 0.627. The third kappa shape index (κ3) is 3.21. The molecule has 5 nitrogen and oxygen atoms in total. The van der Waals surface area contributed by atoms with E-state index < -0.39 is 12.1 Å². The number of benzene rings is 1. The number of hydrogen-bond donors (Lipinski definition) is 0. The average molecular weight is 275 g/mol. The lowest BCUT2D eigenvalue weighted by molar-refractivity contribution is -0.148. The van der Waals surface area contributed by atoms with Crippen molar-refractivity contribution in [3.05, 3.63) is 23.8 Å². The molecule has 20 heavy (non-hydrogen) atoms. The van der Waals surface area contributed by atoms with Gasteiger partial charge >= 0.3 is 5.97 Å². The summed E-state index contributed by atoms with van der Waals surface area (Å²) in [5, 5.41) is 8.57. The number of rotatable bonds is 4. The van der Waals surface area contributed by atoms with E-state index in [1.807, 2.05) is 32.0 Å². The van der Waals surface area contributed by atoms with Crippen LogP contribution in [0.2, 0.25) is 0 Å². The van der Waals surface area contributed by atoms with Gasteiger partial charge in [-0.2, -0.15) is 5.26 Å². The molecule has 0 radical (unpaired) electrons. The third-order valence-corrected chi connectivity index (χ3v) is 2.89. The molecule has 0 unspecified atom stereocenters. The quantitative estimate of drug-likeness (QED) is 0.788. The van der Waals surface area contributed by atoms with Crippen LogP contribution < -0.4 is 9.47 Å². The van der Waals surface area contributed by atoms with Crippen molar-refractivity contribution in [1.82, 2.24) is 0 Å². The van der Waals surface area contributed by atoms with Gasteiger partial charge in [-0.25, -0.2) is 4.79 Å². The van der Waals surface area contributed by atoms with Gasteiger partial charge in [-0.3, -0.25) is 0 Å². The zero-order valence-electron chi connectivity index (χ0n) is 11.8. The molecule has 0 spiro atoms. The van der Waals surface area contributed by atoms with Crippen molar-refractivity contribution >= 4 is 5.97 Å². The van der Waals surface area contributed by atoms with Crippen molar-refractivity contribution in [3.63, 3.8) is 0 Å². The lowest BCUT2D eigenvalue weighted by Gasteiger charge is -2.18. The van der Waals surface area contributed by atoms with E-state index in [9.17, 15) is 4.79 Å². The van der Waals surface area contributed by atoms with Crippen molar-refractivity contribution in [2.24, 2.45) is 0 Å². The van der Waals surface area contributed by atoms with Gasteiger partial charge in [0.2, 0.25) is 0 Å². The van der Waals surface area contributed by atoms with Crippen molar-refractivity contribution in [2.45, 2.75) is 38.9 Å². The molecular formula is C15H17NO4. The average Bonchev–Trinajstić information content (AvgIpc) is 2.70. The SMILES string of the molecule is C[C@H](C#N)OC(=O)COc1cccc2c1OC(C)(C)C2. The molecule has 0 bridgehead atoms. The Balaban J connectivity index is 2.01. The molecule has 5 heteroatoms. The van der Waals surface area contributed by atoms with Gasteiger partial charge in [0.05, 0.1) is 0 Å². The number of nitriles is 1. The molecule has 1 aromatic carbocycles. The lowest BCUT2D eigenvalue weighted by atomic mass is 10.0. The van der Waals surface area contributed by atoms with Crippen LogP contribution in [0.5, 0.6) is 11.5 Å². The molecule has 0 saturated heterocycles. The standard InChI is InChI=1S/C15H17NO4/c1-10(8-16)19-13(17)9-18-12-6-4-5-11-7-15(2,3)20-14(11)12/h4-6,10H,7,9H2,1-3H3/t10-/m1/s1. The Labute approximate surface area is 118 Å². The fourth-order valence-corrected chi connectivity index (χ4v) is 2.10. The first kappa shape index (κ1) is 14.2. The Morgan fingerprint density at radius 3 is 3.00 bits per heavy atom. The van der Waals surface area contributed by atoms with E-state index in [4.69, 9.17) is 19.5 Å². The molecule has 2 rings (SSSR count). The summed E-state index contributed by atoms with van der Waals surface area (Å²) in [6, 6.07) is 7.42. The predicted molar refractivity (Wildman–Crippen MR) is 71.5 cm³/mol. The van der Waals surface area contributed by atoms with Gasteiger partial charge in [-0.15, -0.1) is 0 Å². The second kappa shape index (κ2) is 5.41. The molecule has 0 N–H and O–H groups in total. The van der Waals surface area contributed by atoms with E-state index in [1.165, 1.54) is 6.92 Å². The Morgan fingerprint density at radius 1 is 1.55 bits per heavy atom. The molecule has 0 amide bonds. The smallest absolute Gasteiger partial charge is 0.345 e. The highest BCUT2D eigenvalue weighted by atomic mass is 16.6. The van der Waals surface area contributed by atoms with E-state index in [2.05, 4.69) is 0 Å². The van der Waals surface area contributed by atoms with Crippen LogP contribution in [0.3, 0.4) is 0 Å². The van der Waals surface area contributed by atoms with Crippen LogP contribution in [0.4, 0.5) is 0 Å². The molecule has 0 aliphatic carbocycles. The van der Waals surface area contributed by atoms with E-state index in [1.54, 1.807) is 6.07 Å². The summed E-state index contributed by atoms with van der Waals surface area (Å²) < 4.78 is 16.1. The van der Waals surface area contributed by atoms with Gasteiger partial charge in [-0.1, -0.05) is 12.1 Å². The maximum atomic E-state index is 11.5. The molecule has 1 atom stereocenters. The number of ether oxygens (including phenoxy) is 3. The molecule has 106 valence electrons. The zero-order chi connectivity index (χ0) is 14.8. The maximum absolute atomic E-state index is 11.5. The largest absolute Gasteiger partial charge is 0.483 e. The zero-order valence-corrected chi connectivity index (χ0v) is 11.8. The lowest BCUT2D eigenvalue weighted by Crippen LogP contribution is -2.25. The number of para-hydroxylation sites is 1. The molecule has 0 saturated carbocycles. The Hall–Kier alpha value is -2.22. The van der Waals surface area contributed by atoms with Gasteiger partial charge < -0.3 is 14.2 Å². The van der Waals surface area contributed by atoms with Crippen LogP contribution in [0, 0.1) is 11.3 Å². The van der Waals surface area contributed by atoms with Gasteiger partial charge in [-0.05, 0) is 26.8 Å². The number of nitrogens with zero attached hydrogens (tertiary/aromatic N) is 1. The normalized spacial score (nSPS) is 16.5. The minimum atomic E-state index is -0.775. The van der Waals surface area contributed by atoms with Crippen LogP contribution >= 0.6 is 0 Å². The Kier molecular flexibility index (Phi) is 3.84. The molecule has 1 aliphatic rings. The first-order valence-electron chi connectivity index (χ1n) is 6.44. The van der Waals surface area contributed by atoms with Gasteiger partial charge in [0.1, 0.15) is 11.7 Å². The summed E-state index contributed by atoms with van der Waals surface area (Å²) in [6.07, 6.45) is 0.0258. The fourth-order valence-electron chi connectivity index (χ4n) is 2.10. The number of hydrogen-bond acceptors (Lipinski definition) is 5. The van der Waals surface area contributed by atoms with Crippen molar-refractivity contribution in [2.75, 3.05) is 6.61 Å². The summed E-state index contributed by atoms with van der Waals surface area (Å²) in [5.41, 5.74) is 0.795. The monoisotopic (exact) mass is 275 g/mol. The Morgan fingerprint density at radius 2 is 2.30 bits per heavy atom. The highest BCUT2D eigenvalue weighted by Crippen LogP contribution is 2.41. The minimum Gasteiger partial charge on any atom is -0.483 e. The summed E-state index contributed by atoms with van der Waals surface area (Å²) in [4.78, 5) is 11.5. The third-order valence-electron chi connectivity index (χ3n) is 2.89. The number of fused-ring (bicyclic) bond motifs is 1. The number of carbonyl (C=O) groups excluding carboxylic acids is 1. The topological polar surface area (TPSA) is 68.5 Å². The van der Waals surface area contributed by atoms with E-state index >= 15 is 0 Å². The van der Waals surface area contributed by atoms with E-state index in [0.717, 1.165) is 12.0 Å². The highest BCUT2D eigenvalue weighted by Gasteiger charge is 2.32. The molecule has 1 aromatic rings. The molecular weight excluding hydrogens is 258 g/mol. The minimum absolute atomic E-state index is 0.244. The summed E-state index contributed by atoms with van der Waals surface area (Å²) >= 11 is 0. The van der Waals surface area contributed by atoms with Crippen molar-refractivity contribution in [1.29, 1.82) is 5.26 Å². The maximum Gasteiger partial charge on any atom is 0.345 e. The van der Waals surface area contributed by atoms with Crippen LogP contribution in [0.1, 0.15) is 26.3 Å².